The fourth-order valence-electron chi connectivity index (χ4n) is 4.95. The second-order valence-corrected chi connectivity index (χ2v) is 10.5. The van der Waals surface area contributed by atoms with Crippen LogP contribution < -0.4 is 0 Å². The molecule has 0 fully saturated rings. The van der Waals surface area contributed by atoms with Crippen LogP contribution in [0.15, 0.2) is 54.6 Å². The van der Waals surface area contributed by atoms with Gasteiger partial charge in [0.1, 0.15) is 0 Å². The Labute approximate surface area is 222 Å². The molecule has 2 aromatic carbocycles. The molecule has 0 aliphatic heterocycles. The first kappa shape index (κ1) is 30.1. The molecule has 0 heterocycles. The van der Waals surface area contributed by atoms with E-state index in [1.807, 2.05) is 24.3 Å². The molecule has 0 bridgehead atoms. The van der Waals surface area contributed by atoms with Crippen molar-refractivity contribution in [2.45, 2.75) is 129 Å². The van der Waals surface area contributed by atoms with Gasteiger partial charge in [-0.3, -0.25) is 4.79 Å². The number of benzene rings is 2. The first-order chi connectivity index (χ1) is 17.7. The van der Waals surface area contributed by atoms with Gasteiger partial charge in [0.2, 0.25) is 0 Å². The molecule has 0 saturated carbocycles. The van der Waals surface area contributed by atoms with Gasteiger partial charge in [-0.25, -0.2) is 0 Å². The van der Waals surface area contributed by atoms with Crippen molar-refractivity contribution in [1.82, 2.24) is 0 Å². The largest absolute Gasteiger partial charge is 0.289 e. The summed E-state index contributed by atoms with van der Waals surface area (Å²) < 4.78 is 0. The van der Waals surface area contributed by atoms with Crippen molar-refractivity contribution in [3.63, 3.8) is 0 Å². The van der Waals surface area contributed by atoms with E-state index >= 15 is 0 Å². The number of allylic oxidation sites excluding steroid dienone is 1. The zero-order chi connectivity index (χ0) is 25.7. The number of rotatable bonds is 21. The van der Waals surface area contributed by atoms with Crippen molar-refractivity contribution < 1.29 is 4.79 Å². The molecule has 0 aromatic heterocycles. The zero-order valence-electron chi connectivity index (χ0n) is 23.4. The summed E-state index contributed by atoms with van der Waals surface area (Å²) >= 11 is 0. The summed E-state index contributed by atoms with van der Waals surface area (Å²) in [6.45, 7) is 4.50. The predicted octanol–water partition coefficient (Wildman–Crippen LogP) is 10.9. The average Bonchev–Trinajstić information content (AvgIpc) is 2.91. The number of carbonyl (C=O) groups excluding carboxylic acids is 1. The van der Waals surface area contributed by atoms with Gasteiger partial charge < -0.3 is 0 Å². The number of carbonyl (C=O) groups is 1. The smallest absolute Gasteiger partial charge is 0.186 e. The maximum Gasteiger partial charge on any atom is 0.186 e. The summed E-state index contributed by atoms with van der Waals surface area (Å²) in [5.41, 5.74) is 4.53. The molecule has 198 valence electrons. The topological polar surface area (TPSA) is 17.1 Å². The van der Waals surface area contributed by atoms with Crippen LogP contribution in [0, 0.1) is 0 Å². The van der Waals surface area contributed by atoms with Crippen molar-refractivity contribution in [3.8, 4) is 0 Å². The van der Waals surface area contributed by atoms with Crippen LogP contribution in [0.5, 0.6) is 0 Å². The summed E-state index contributed by atoms with van der Waals surface area (Å²) in [6, 6.07) is 16.8. The molecule has 0 aliphatic rings. The second-order valence-electron chi connectivity index (χ2n) is 10.5. The Kier molecular flexibility index (Phi) is 16.7. The number of hydrogen-bond acceptors (Lipinski definition) is 1. The van der Waals surface area contributed by atoms with E-state index in [-0.39, 0.29) is 5.78 Å². The van der Waals surface area contributed by atoms with Crippen molar-refractivity contribution in [2.75, 3.05) is 0 Å². The van der Waals surface area contributed by atoms with Crippen molar-refractivity contribution in [2.24, 2.45) is 0 Å². The lowest BCUT2D eigenvalue weighted by Crippen LogP contribution is -2.01. The van der Waals surface area contributed by atoms with Gasteiger partial charge in [-0.2, -0.15) is 0 Å². The van der Waals surface area contributed by atoms with Crippen LogP contribution in [0.1, 0.15) is 144 Å². The highest BCUT2D eigenvalue weighted by molar-refractivity contribution is 6.07. The Morgan fingerprint density at radius 2 is 1.08 bits per heavy atom. The lowest BCUT2D eigenvalue weighted by molar-refractivity contribution is 0.104. The van der Waals surface area contributed by atoms with Crippen LogP contribution in [-0.2, 0) is 12.8 Å². The standard InChI is InChI=1S/C35H52O/c1-3-5-7-8-9-10-11-12-13-14-15-16-18-21-31-25-27-32(28-26-31)29-30-35(36)34-24-20-19-23-33(34)22-17-6-4-2/h19-20,23-30H,3-18,21-22H2,1-2H3. The van der Waals surface area contributed by atoms with Gasteiger partial charge in [0.15, 0.2) is 5.78 Å². The summed E-state index contributed by atoms with van der Waals surface area (Å²) in [5.74, 6) is 0.109. The minimum Gasteiger partial charge on any atom is -0.289 e. The first-order valence-corrected chi connectivity index (χ1v) is 15.1. The third kappa shape index (κ3) is 13.2. The minimum atomic E-state index is 0.109. The third-order valence-electron chi connectivity index (χ3n) is 7.31. The quantitative estimate of drug-likeness (QED) is 0.0969. The summed E-state index contributed by atoms with van der Waals surface area (Å²) in [6.07, 6.45) is 27.6. The van der Waals surface area contributed by atoms with E-state index in [9.17, 15) is 4.79 Å². The molecule has 0 N–H and O–H groups in total. The normalized spacial score (nSPS) is 11.4. The molecule has 0 aliphatic carbocycles. The molecule has 2 rings (SSSR count). The first-order valence-electron chi connectivity index (χ1n) is 15.1. The van der Waals surface area contributed by atoms with Crippen LogP contribution in [0.3, 0.4) is 0 Å². The Bertz CT molecular complexity index is 845. The predicted molar refractivity (Wildman–Crippen MR) is 159 cm³/mol. The lowest BCUT2D eigenvalue weighted by atomic mass is 9.98. The summed E-state index contributed by atoms with van der Waals surface area (Å²) in [5, 5.41) is 0. The Morgan fingerprint density at radius 3 is 1.69 bits per heavy atom. The average molecular weight is 489 g/mol. The van der Waals surface area contributed by atoms with Gasteiger partial charge in [-0.1, -0.05) is 158 Å². The maximum atomic E-state index is 12.8. The fourth-order valence-corrected chi connectivity index (χ4v) is 4.95. The highest BCUT2D eigenvalue weighted by atomic mass is 16.1. The second kappa shape index (κ2) is 20.0. The fraction of sp³-hybridized carbons (Fsp3) is 0.571. The van der Waals surface area contributed by atoms with Crippen molar-refractivity contribution >= 4 is 11.9 Å². The van der Waals surface area contributed by atoms with E-state index < -0.39 is 0 Å². The molecular weight excluding hydrogens is 436 g/mol. The van der Waals surface area contributed by atoms with E-state index in [1.165, 1.54) is 107 Å². The van der Waals surface area contributed by atoms with Crippen LogP contribution in [-0.4, -0.2) is 5.78 Å². The number of ketones is 1. The van der Waals surface area contributed by atoms with Crippen LogP contribution in [0.25, 0.3) is 6.08 Å². The van der Waals surface area contributed by atoms with Gasteiger partial charge in [-0.05, 0) is 48.4 Å². The minimum absolute atomic E-state index is 0.109. The van der Waals surface area contributed by atoms with Gasteiger partial charge in [0.25, 0.3) is 0 Å². The van der Waals surface area contributed by atoms with E-state index in [1.54, 1.807) is 6.08 Å². The van der Waals surface area contributed by atoms with Crippen LogP contribution >= 0.6 is 0 Å². The molecule has 0 radical (unpaired) electrons. The van der Waals surface area contributed by atoms with Crippen molar-refractivity contribution in [3.05, 3.63) is 76.9 Å². The molecule has 2 aromatic rings. The zero-order valence-corrected chi connectivity index (χ0v) is 23.4. The van der Waals surface area contributed by atoms with E-state index in [0.717, 1.165) is 30.4 Å². The summed E-state index contributed by atoms with van der Waals surface area (Å²) in [7, 11) is 0. The van der Waals surface area contributed by atoms with E-state index in [2.05, 4.69) is 44.2 Å². The SMILES string of the molecule is CCCCCCCCCCCCCCCc1ccc(C=CC(=O)c2ccccc2CCCCC)cc1. The Hall–Kier alpha value is -2.15. The Balaban J connectivity index is 1.60. The van der Waals surface area contributed by atoms with Crippen molar-refractivity contribution in [1.29, 1.82) is 0 Å². The van der Waals surface area contributed by atoms with Gasteiger partial charge in [-0.15, -0.1) is 0 Å². The molecule has 1 heteroatoms. The molecule has 0 amide bonds. The Morgan fingerprint density at radius 1 is 0.583 bits per heavy atom. The molecule has 0 spiro atoms. The molecule has 0 unspecified atom stereocenters. The van der Waals surface area contributed by atoms with Crippen LogP contribution in [0.2, 0.25) is 0 Å². The van der Waals surface area contributed by atoms with E-state index in [0.29, 0.717) is 0 Å². The monoisotopic (exact) mass is 488 g/mol. The number of hydrogen-bond donors (Lipinski definition) is 0. The number of unbranched alkanes of at least 4 members (excludes halogenated alkanes) is 14. The molecule has 1 nitrogen and oxygen atoms in total. The third-order valence-corrected chi connectivity index (χ3v) is 7.31. The molecule has 0 saturated heterocycles. The van der Waals surface area contributed by atoms with Crippen LogP contribution in [0.4, 0.5) is 0 Å². The highest BCUT2D eigenvalue weighted by Crippen LogP contribution is 2.17. The summed E-state index contributed by atoms with van der Waals surface area (Å²) in [4.78, 5) is 12.8. The molecule has 36 heavy (non-hydrogen) atoms. The van der Waals surface area contributed by atoms with Gasteiger partial charge in [0, 0.05) is 5.56 Å². The molecular formula is C35H52O. The molecule has 0 atom stereocenters. The maximum absolute atomic E-state index is 12.8. The van der Waals surface area contributed by atoms with Gasteiger partial charge in [0.05, 0.1) is 0 Å². The van der Waals surface area contributed by atoms with E-state index in [4.69, 9.17) is 0 Å². The highest BCUT2D eigenvalue weighted by Gasteiger charge is 2.07. The number of aryl methyl sites for hydroxylation is 2. The van der Waals surface area contributed by atoms with Gasteiger partial charge >= 0.3 is 0 Å². The lowest BCUT2D eigenvalue weighted by Gasteiger charge is -2.06.